The fourth-order valence-corrected chi connectivity index (χ4v) is 1.23. The van der Waals surface area contributed by atoms with Crippen LogP contribution >= 0.6 is 0 Å². The normalized spacial score (nSPS) is 11.2. The topological polar surface area (TPSA) is 66.6 Å². The number of carbonyl (C=O) groups is 1. The van der Waals surface area contributed by atoms with Gasteiger partial charge in [-0.05, 0) is 38.1 Å². The third kappa shape index (κ3) is 2.70. The Morgan fingerprint density at radius 3 is 2.20 bits per heavy atom. The van der Waals surface area contributed by atoms with Crippen molar-refractivity contribution in [2.45, 2.75) is 19.4 Å². The molecule has 0 fully saturated rings. The zero-order valence-corrected chi connectivity index (χ0v) is 9.19. The standard InChI is InChI=1S/C11H16N2O2/c1-11(2,12)10(15)13(3)8-4-6-9(14)7-5-8/h4-7,14H,12H2,1-3H3. The molecule has 0 aliphatic heterocycles. The van der Waals surface area contributed by atoms with Crippen molar-refractivity contribution in [3.05, 3.63) is 24.3 Å². The monoisotopic (exact) mass is 208 g/mol. The van der Waals surface area contributed by atoms with Gasteiger partial charge in [0.05, 0.1) is 5.54 Å². The SMILES string of the molecule is CN(C(=O)C(C)(C)N)c1ccc(O)cc1. The number of amides is 1. The summed E-state index contributed by atoms with van der Waals surface area (Å²) >= 11 is 0. The molecule has 0 aliphatic rings. The predicted molar refractivity (Wildman–Crippen MR) is 59.8 cm³/mol. The van der Waals surface area contributed by atoms with E-state index in [0.29, 0.717) is 5.69 Å². The van der Waals surface area contributed by atoms with Crippen molar-refractivity contribution >= 4 is 11.6 Å². The average Bonchev–Trinajstić information content (AvgIpc) is 2.15. The molecule has 0 saturated carbocycles. The van der Waals surface area contributed by atoms with Crippen molar-refractivity contribution in [1.29, 1.82) is 0 Å². The van der Waals surface area contributed by atoms with Crippen LogP contribution in [0, 0.1) is 0 Å². The highest BCUT2D eigenvalue weighted by molar-refractivity contribution is 5.99. The molecule has 4 heteroatoms. The summed E-state index contributed by atoms with van der Waals surface area (Å²) in [4.78, 5) is 13.3. The second kappa shape index (κ2) is 3.90. The first-order chi connectivity index (χ1) is 6.82. The molecule has 4 nitrogen and oxygen atoms in total. The number of likely N-dealkylation sites (N-methyl/N-ethyl adjacent to an activating group) is 1. The fraction of sp³-hybridized carbons (Fsp3) is 0.364. The van der Waals surface area contributed by atoms with E-state index in [1.807, 2.05) is 0 Å². The summed E-state index contributed by atoms with van der Waals surface area (Å²) in [7, 11) is 1.66. The van der Waals surface area contributed by atoms with Gasteiger partial charge < -0.3 is 15.7 Å². The van der Waals surface area contributed by atoms with Crippen LogP contribution in [0.3, 0.4) is 0 Å². The van der Waals surface area contributed by atoms with Gasteiger partial charge in [-0.2, -0.15) is 0 Å². The Hall–Kier alpha value is -1.55. The van der Waals surface area contributed by atoms with E-state index in [4.69, 9.17) is 10.8 Å². The molecule has 3 N–H and O–H groups in total. The second-order valence-corrected chi connectivity index (χ2v) is 4.10. The molecule has 1 aromatic carbocycles. The van der Waals surface area contributed by atoms with E-state index < -0.39 is 5.54 Å². The van der Waals surface area contributed by atoms with Crippen molar-refractivity contribution in [2.24, 2.45) is 5.73 Å². The van der Waals surface area contributed by atoms with Gasteiger partial charge in [-0.3, -0.25) is 4.79 Å². The lowest BCUT2D eigenvalue weighted by atomic mass is 10.1. The minimum Gasteiger partial charge on any atom is -0.508 e. The number of nitrogens with zero attached hydrogens (tertiary/aromatic N) is 1. The molecular formula is C11H16N2O2. The van der Waals surface area contributed by atoms with Gasteiger partial charge in [0, 0.05) is 12.7 Å². The summed E-state index contributed by atoms with van der Waals surface area (Å²) in [5, 5.41) is 9.11. The summed E-state index contributed by atoms with van der Waals surface area (Å²) in [6.07, 6.45) is 0. The molecule has 1 aromatic rings. The van der Waals surface area contributed by atoms with Crippen LogP contribution in [0.15, 0.2) is 24.3 Å². The Bertz CT molecular complexity index is 352. The number of nitrogens with two attached hydrogens (primary N) is 1. The van der Waals surface area contributed by atoms with Gasteiger partial charge in [-0.15, -0.1) is 0 Å². The highest BCUT2D eigenvalue weighted by Crippen LogP contribution is 2.19. The van der Waals surface area contributed by atoms with Crippen molar-refractivity contribution in [3.63, 3.8) is 0 Å². The number of carbonyl (C=O) groups excluding carboxylic acids is 1. The first-order valence-corrected chi connectivity index (χ1v) is 4.68. The van der Waals surface area contributed by atoms with Gasteiger partial charge in [0.1, 0.15) is 5.75 Å². The zero-order chi connectivity index (χ0) is 11.6. The van der Waals surface area contributed by atoms with Crippen molar-refractivity contribution in [2.75, 3.05) is 11.9 Å². The highest BCUT2D eigenvalue weighted by atomic mass is 16.3. The molecule has 0 aromatic heterocycles. The lowest BCUT2D eigenvalue weighted by Gasteiger charge is -2.25. The van der Waals surface area contributed by atoms with Crippen LogP contribution in [0.1, 0.15) is 13.8 Å². The molecule has 1 rings (SSSR count). The van der Waals surface area contributed by atoms with Crippen molar-refractivity contribution in [1.82, 2.24) is 0 Å². The molecule has 0 saturated heterocycles. The first kappa shape index (κ1) is 11.5. The summed E-state index contributed by atoms with van der Waals surface area (Å²) < 4.78 is 0. The lowest BCUT2D eigenvalue weighted by Crippen LogP contribution is -2.49. The number of rotatable bonds is 2. The third-order valence-electron chi connectivity index (χ3n) is 2.09. The Morgan fingerprint density at radius 1 is 1.33 bits per heavy atom. The van der Waals surface area contributed by atoms with E-state index in [1.165, 1.54) is 17.0 Å². The molecule has 82 valence electrons. The van der Waals surface area contributed by atoms with Crippen LogP contribution in [-0.4, -0.2) is 23.6 Å². The van der Waals surface area contributed by atoms with Gasteiger partial charge in [0.15, 0.2) is 0 Å². The summed E-state index contributed by atoms with van der Waals surface area (Å²) in [6, 6.07) is 6.39. The number of phenolic OH excluding ortho intramolecular Hbond substituents is 1. The van der Waals surface area contributed by atoms with Gasteiger partial charge >= 0.3 is 0 Å². The van der Waals surface area contributed by atoms with E-state index >= 15 is 0 Å². The molecule has 0 radical (unpaired) electrons. The maximum absolute atomic E-state index is 11.8. The number of benzene rings is 1. The van der Waals surface area contributed by atoms with Crippen molar-refractivity contribution in [3.8, 4) is 5.75 Å². The number of anilines is 1. The summed E-state index contributed by atoms with van der Waals surface area (Å²) in [5.41, 5.74) is 5.52. The highest BCUT2D eigenvalue weighted by Gasteiger charge is 2.26. The Labute approximate surface area is 89.3 Å². The fourth-order valence-electron chi connectivity index (χ4n) is 1.23. The Balaban J connectivity index is 2.90. The number of phenols is 1. The molecular weight excluding hydrogens is 192 g/mol. The Morgan fingerprint density at radius 2 is 1.80 bits per heavy atom. The third-order valence-corrected chi connectivity index (χ3v) is 2.09. The molecule has 0 atom stereocenters. The van der Waals surface area contributed by atoms with E-state index in [9.17, 15) is 4.79 Å². The van der Waals surface area contributed by atoms with Crippen molar-refractivity contribution < 1.29 is 9.90 Å². The molecule has 0 heterocycles. The molecule has 0 unspecified atom stereocenters. The van der Waals surface area contributed by atoms with Gasteiger partial charge in [0.2, 0.25) is 5.91 Å². The molecule has 1 amide bonds. The van der Waals surface area contributed by atoms with Crippen LogP contribution in [-0.2, 0) is 4.79 Å². The maximum atomic E-state index is 11.8. The minimum absolute atomic E-state index is 0.173. The predicted octanol–water partition coefficient (Wildman–Crippen LogP) is 1.09. The Kier molecular flexibility index (Phi) is 3.00. The van der Waals surface area contributed by atoms with Crippen LogP contribution in [0.25, 0.3) is 0 Å². The van der Waals surface area contributed by atoms with Crippen LogP contribution in [0.5, 0.6) is 5.75 Å². The van der Waals surface area contributed by atoms with E-state index in [-0.39, 0.29) is 11.7 Å². The molecule has 0 aliphatic carbocycles. The smallest absolute Gasteiger partial charge is 0.246 e. The van der Waals surface area contributed by atoms with Gasteiger partial charge in [-0.1, -0.05) is 0 Å². The van der Waals surface area contributed by atoms with E-state index in [1.54, 1.807) is 33.0 Å². The zero-order valence-electron chi connectivity index (χ0n) is 9.19. The largest absolute Gasteiger partial charge is 0.508 e. The van der Waals surface area contributed by atoms with Crippen LogP contribution in [0.4, 0.5) is 5.69 Å². The quantitative estimate of drug-likeness (QED) is 0.764. The van der Waals surface area contributed by atoms with Crippen LogP contribution in [0.2, 0.25) is 0 Å². The minimum atomic E-state index is -0.896. The maximum Gasteiger partial charge on any atom is 0.246 e. The number of hydrogen-bond acceptors (Lipinski definition) is 3. The lowest BCUT2D eigenvalue weighted by molar-refractivity contribution is -0.122. The van der Waals surface area contributed by atoms with E-state index in [2.05, 4.69) is 0 Å². The number of aromatic hydroxyl groups is 1. The summed E-state index contributed by atoms with van der Waals surface area (Å²) in [6.45, 7) is 3.32. The van der Waals surface area contributed by atoms with Crippen LogP contribution < -0.4 is 10.6 Å². The molecule has 0 bridgehead atoms. The van der Waals surface area contributed by atoms with E-state index in [0.717, 1.165) is 0 Å². The average molecular weight is 208 g/mol. The number of hydrogen-bond donors (Lipinski definition) is 2. The van der Waals surface area contributed by atoms with Gasteiger partial charge in [0.25, 0.3) is 0 Å². The first-order valence-electron chi connectivity index (χ1n) is 4.68. The molecule has 15 heavy (non-hydrogen) atoms. The summed E-state index contributed by atoms with van der Waals surface area (Å²) in [5.74, 6) is -0.000188. The second-order valence-electron chi connectivity index (χ2n) is 4.10. The molecule has 0 spiro atoms. The van der Waals surface area contributed by atoms with Gasteiger partial charge in [-0.25, -0.2) is 0 Å².